The standard InChI is InChI=1S/C23H42O4Si/c1-16-10-11-19-22(6,18(16)14-26-17(2)24)13-12-20(25)23(19,7)15-27-28(8,9)21(3,4)5/h18-20,25H,1,10-15H2,2-9H3/t18-,19+,20-,22+,23-/m1/s1. The van der Waals surface area contributed by atoms with Crippen LogP contribution in [0.25, 0.3) is 0 Å². The lowest BCUT2D eigenvalue weighted by atomic mass is 9.46. The van der Waals surface area contributed by atoms with Gasteiger partial charge in [0.2, 0.25) is 0 Å². The number of ether oxygens (including phenoxy) is 1. The molecule has 5 atom stereocenters. The van der Waals surface area contributed by atoms with Crippen LogP contribution >= 0.6 is 0 Å². The minimum atomic E-state index is -1.90. The van der Waals surface area contributed by atoms with Crippen molar-refractivity contribution in [3.8, 4) is 0 Å². The minimum absolute atomic E-state index is 0.0322. The zero-order chi connectivity index (χ0) is 21.5. The molecule has 2 aliphatic carbocycles. The van der Waals surface area contributed by atoms with Crippen molar-refractivity contribution in [1.82, 2.24) is 0 Å². The van der Waals surface area contributed by atoms with Crippen molar-refractivity contribution in [2.75, 3.05) is 13.2 Å². The van der Waals surface area contributed by atoms with Gasteiger partial charge in [-0.15, -0.1) is 0 Å². The molecule has 1 N–H and O–H groups in total. The zero-order valence-electron chi connectivity index (χ0n) is 19.4. The summed E-state index contributed by atoms with van der Waals surface area (Å²) in [5, 5.41) is 11.2. The van der Waals surface area contributed by atoms with E-state index in [1.54, 1.807) is 0 Å². The third kappa shape index (κ3) is 4.27. The van der Waals surface area contributed by atoms with Gasteiger partial charge >= 0.3 is 5.97 Å². The molecule has 0 bridgehead atoms. The fourth-order valence-corrected chi connectivity index (χ4v) is 6.35. The van der Waals surface area contributed by atoms with Crippen molar-refractivity contribution < 1.29 is 19.1 Å². The average Bonchev–Trinajstić information content (AvgIpc) is 2.55. The second-order valence-corrected chi connectivity index (χ2v) is 16.0. The quantitative estimate of drug-likeness (QED) is 0.378. The van der Waals surface area contributed by atoms with Crippen molar-refractivity contribution in [3.63, 3.8) is 0 Å². The van der Waals surface area contributed by atoms with Gasteiger partial charge in [0.25, 0.3) is 0 Å². The summed E-state index contributed by atoms with van der Waals surface area (Å²) in [5.74, 6) is 0.229. The average molecular weight is 411 g/mol. The Kier molecular flexibility index (Phi) is 6.65. The van der Waals surface area contributed by atoms with E-state index in [0.29, 0.717) is 19.1 Å². The third-order valence-corrected chi connectivity index (χ3v) is 12.8. The number of hydrogen-bond acceptors (Lipinski definition) is 4. The molecule has 0 aromatic rings. The van der Waals surface area contributed by atoms with Crippen molar-refractivity contribution in [3.05, 3.63) is 12.2 Å². The van der Waals surface area contributed by atoms with E-state index in [-0.39, 0.29) is 33.9 Å². The Morgan fingerprint density at radius 1 is 1.29 bits per heavy atom. The van der Waals surface area contributed by atoms with E-state index in [2.05, 4.69) is 54.3 Å². The maximum atomic E-state index is 11.4. The summed E-state index contributed by atoms with van der Waals surface area (Å²) in [7, 11) is -1.90. The Morgan fingerprint density at radius 2 is 1.89 bits per heavy atom. The maximum Gasteiger partial charge on any atom is 0.302 e. The summed E-state index contributed by atoms with van der Waals surface area (Å²) in [4.78, 5) is 11.4. The summed E-state index contributed by atoms with van der Waals surface area (Å²) in [6.45, 7) is 22.6. The van der Waals surface area contributed by atoms with E-state index in [0.717, 1.165) is 25.7 Å². The van der Waals surface area contributed by atoms with Gasteiger partial charge in [0.15, 0.2) is 8.32 Å². The fourth-order valence-electron chi connectivity index (χ4n) is 5.24. The molecule has 0 aliphatic heterocycles. The number of aliphatic hydroxyl groups is 1. The normalized spacial score (nSPS) is 36.8. The van der Waals surface area contributed by atoms with E-state index >= 15 is 0 Å². The lowest BCUT2D eigenvalue weighted by Crippen LogP contribution is -2.59. The second kappa shape index (κ2) is 7.88. The first-order chi connectivity index (χ1) is 12.6. The number of carbonyl (C=O) groups excluding carboxylic acids is 1. The van der Waals surface area contributed by atoms with E-state index < -0.39 is 8.32 Å². The highest BCUT2D eigenvalue weighted by Crippen LogP contribution is 2.61. The van der Waals surface area contributed by atoms with Crippen LogP contribution in [0.2, 0.25) is 18.1 Å². The highest BCUT2D eigenvalue weighted by Gasteiger charge is 2.58. The summed E-state index contributed by atoms with van der Waals surface area (Å²) in [5.41, 5.74) is 0.858. The molecule has 5 heteroatoms. The van der Waals surface area contributed by atoms with Crippen LogP contribution in [0.15, 0.2) is 12.2 Å². The van der Waals surface area contributed by atoms with Crippen LogP contribution in [-0.2, 0) is 14.0 Å². The molecule has 0 aromatic carbocycles. The van der Waals surface area contributed by atoms with Gasteiger partial charge < -0.3 is 14.3 Å². The molecule has 4 nitrogen and oxygen atoms in total. The lowest BCUT2D eigenvalue weighted by Gasteiger charge is -2.60. The third-order valence-electron chi connectivity index (χ3n) is 8.36. The second-order valence-electron chi connectivity index (χ2n) is 11.2. The Morgan fingerprint density at radius 3 is 2.43 bits per heavy atom. The van der Waals surface area contributed by atoms with Crippen LogP contribution < -0.4 is 0 Å². The van der Waals surface area contributed by atoms with Gasteiger partial charge in [0.05, 0.1) is 12.7 Å². The first-order valence-electron chi connectivity index (χ1n) is 10.8. The predicted octanol–water partition coefficient (Wildman–Crippen LogP) is 5.32. The van der Waals surface area contributed by atoms with E-state index in [1.807, 2.05) is 0 Å². The zero-order valence-corrected chi connectivity index (χ0v) is 20.4. The fraction of sp³-hybridized carbons (Fsp3) is 0.870. The number of hydrogen-bond donors (Lipinski definition) is 1. The van der Waals surface area contributed by atoms with Gasteiger partial charge in [0.1, 0.15) is 0 Å². The van der Waals surface area contributed by atoms with Crippen LogP contribution in [0.1, 0.15) is 67.2 Å². The van der Waals surface area contributed by atoms with Crippen LogP contribution in [-0.4, -0.2) is 38.7 Å². The highest BCUT2D eigenvalue weighted by atomic mass is 28.4. The molecule has 28 heavy (non-hydrogen) atoms. The topological polar surface area (TPSA) is 55.8 Å². The summed E-state index contributed by atoms with van der Waals surface area (Å²) < 4.78 is 12.1. The largest absolute Gasteiger partial charge is 0.465 e. The Balaban J connectivity index is 2.30. The molecule has 0 spiro atoms. The van der Waals surface area contributed by atoms with Gasteiger partial charge in [-0.3, -0.25) is 4.79 Å². The van der Waals surface area contributed by atoms with Crippen molar-refractivity contribution in [2.24, 2.45) is 22.7 Å². The Hall–Kier alpha value is -0.653. The molecule has 0 heterocycles. The first kappa shape index (κ1) is 23.6. The molecule has 2 fully saturated rings. The van der Waals surface area contributed by atoms with Gasteiger partial charge in [-0.25, -0.2) is 0 Å². The molecule has 162 valence electrons. The number of esters is 1. The monoisotopic (exact) mass is 410 g/mol. The molecular formula is C23H42O4Si. The minimum Gasteiger partial charge on any atom is -0.465 e. The number of aliphatic hydroxyl groups excluding tert-OH is 1. The molecule has 0 unspecified atom stereocenters. The molecule has 0 radical (unpaired) electrons. The summed E-state index contributed by atoms with van der Waals surface area (Å²) in [6.07, 6.45) is 3.26. The molecule has 2 aliphatic rings. The van der Waals surface area contributed by atoms with Crippen molar-refractivity contribution in [1.29, 1.82) is 0 Å². The summed E-state index contributed by atoms with van der Waals surface area (Å²) in [6, 6.07) is 0. The molecule has 0 aromatic heterocycles. The lowest BCUT2D eigenvalue weighted by molar-refractivity contribution is -0.163. The van der Waals surface area contributed by atoms with E-state index in [4.69, 9.17) is 9.16 Å². The Labute approximate surface area is 173 Å². The maximum absolute atomic E-state index is 11.4. The van der Waals surface area contributed by atoms with E-state index in [9.17, 15) is 9.90 Å². The predicted molar refractivity (Wildman–Crippen MR) is 117 cm³/mol. The molecule has 2 rings (SSSR count). The van der Waals surface area contributed by atoms with Crippen LogP contribution in [0.5, 0.6) is 0 Å². The molecular weight excluding hydrogens is 368 g/mol. The molecule has 2 saturated carbocycles. The van der Waals surface area contributed by atoms with Gasteiger partial charge in [0, 0.05) is 24.9 Å². The molecule has 0 saturated heterocycles. The van der Waals surface area contributed by atoms with Crippen LogP contribution in [0, 0.1) is 22.7 Å². The molecule has 0 amide bonds. The van der Waals surface area contributed by atoms with Crippen molar-refractivity contribution >= 4 is 14.3 Å². The van der Waals surface area contributed by atoms with Gasteiger partial charge in [-0.05, 0) is 55.1 Å². The first-order valence-corrected chi connectivity index (χ1v) is 13.7. The van der Waals surface area contributed by atoms with Crippen LogP contribution in [0.4, 0.5) is 0 Å². The Bertz CT molecular complexity index is 608. The van der Waals surface area contributed by atoms with Crippen LogP contribution in [0.3, 0.4) is 0 Å². The van der Waals surface area contributed by atoms with Crippen molar-refractivity contribution in [2.45, 2.75) is 91.5 Å². The smallest absolute Gasteiger partial charge is 0.302 e. The number of fused-ring (bicyclic) bond motifs is 1. The highest BCUT2D eigenvalue weighted by molar-refractivity contribution is 6.74. The SMILES string of the molecule is C=C1CC[C@@H]2[C@@](C)(CO[Si](C)(C)C(C)(C)C)[C@H](O)CC[C@@]2(C)[C@@H]1COC(C)=O. The number of carbonyl (C=O) groups is 1. The van der Waals surface area contributed by atoms with Gasteiger partial charge in [-0.1, -0.05) is 46.8 Å². The summed E-state index contributed by atoms with van der Waals surface area (Å²) >= 11 is 0. The van der Waals surface area contributed by atoms with E-state index in [1.165, 1.54) is 12.5 Å². The van der Waals surface area contributed by atoms with Gasteiger partial charge in [-0.2, -0.15) is 0 Å². The number of rotatable bonds is 5.